The number of nitriles is 1. The fourth-order valence-corrected chi connectivity index (χ4v) is 2.13. The second-order valence-electron chi connectivity index (χ2n) is 4.92. The Labute approximate surface area is 102 Å². The molecule has 4 nitrogen and oxygen atoms in total. The second-order valence-corrected chi connectivity index (χ2v) is 4.92. The van der Waals surface area contributed by atoms with E-state index in [0.29, 0.717) is 17.9 Å². The highest BCUT2D eigenvalue weighted by atomic mass is 16.5. The van der Waals surface area contributed by atoms with Crippen molar-refractivity contribution < 1.29 is 4.74 Å². The van der Waals surface area contributed by atoms with Gasteiger partial charge in [-0.1, -0.05) is 0 Å². The number of hydrogen-bond acceptors (Lipinski definition) is 4. The van der Waals surface area contributed by atoms with Gasteiger partial charge in [-0.05, 0) is 32.0 Å². The van der Waals surface area contributed by atoms with Crippen LogP contribution in [0.2, 0.25) is 0 Å². The molecule has 4 heteroatoms. The predicted octanol–water partition coefficient (Wildman–Crippen LogP) is 1.76. The zero-order chi connectivity index (χ0) is 12.5. The first kappa shape index (κ1) is 11.7. The smallest absolute Gasteiger partial charge is 0.0992 e. The van der Waals surface area contributed by atoms with Crippen molar-refractivity contribution in [3.05, 3.63) is 23.8 Å². The lowest BCUT2D eigenvalue weighted by molar-refractivity contribution is -0.0276. The fraction of sp³-hybridized carbons (Fsp3) is 0.462. The zero-order valence-electron chi connectivity index (χ0n) is 10.2. The summed E-state index contributed by atoms with van der Waals surface area (Å²) in [6.07, 6.45) is 0. The molecule has 0 aliphatic carbocycles. The largest absolute Gasteiger partial charge is 0.397 e. The van der Waals surface area contributed by atoms with Crippen LogP contribution in [0.15, 0.2) is 18.2 Å². The minimum Gasteiger partial charge on any atom is -0.397 e. The van der Waals surface area contributed by atoms with Crippen LogP contribution < -0.4 is 10.6 Å². The molecule has 1 fully saturated rings. The van der Waals surface area contributed by atoms with E-state index >= 15 is 0 Å². The van der Waals surface area contributed by atoms with E-state index in [1.54, 1.807) is 12.1 Å². The van der Waals surface area contributed by atoms with E-state index in [4.69, 9.17) is 15.7 Å². The standard InChI is InChI=1S/C13H17N3O/c1-13(2)9-16(5-6-17-13)12-4-3-10(8-14)7-11(12)15/h3-4,7H,5-6,9,15H2,1-2H3. The highest BCUT2D eigenvalue weighted by molar-refractivity contribution is 5.69. The first-order valence-corrected chi connectivity index (χ1v) is 5.70. The maximum absolute atomic E-state index is 8.81. The Bertz CT molecular complexity index is 462. The van der Waals surface area contributed by atoms with Crippen molar-refractivity contribution in [2.75, 3.05) is 30.3 Å². The van der Waals surface area contributed by atoms with Crippen molar-refractivity contribution in [2.24, 2.45) is 0 Å². The number of rotatable bonds is 1. The Morgan fingerprint density at radius 1 is 1.47 bits per heavy atom. The molecule has 2 N–H and O–H groups in total. The van der Waals surface area contributed by atoms with Crippen molar-refractivity contribution in [1.82, 2.24) is 0 Å². The molecule has 2 rings (SSSR count). The van der Waals surface area contributed by atoms with E-state index in [9.17, 15) is 0 Å². The average molecular weight is 231 g/mol. The van der Waals surface area contributed by atoms with Crippen molar-refractivity contribution in [1.29, 1.82) is 5.26 Å². The molecule has 0 aromatic heterocycles. The second kappa shape index (κ2) is 4.27. The number of ether oxygens (including phenoxy) is 1. The monoisotopic (exact) mass is 231 g/mol. The SMILES string of the molecule is CC1(C)CN(c2ccc(C#N)cc2N)CCO1. The van der Waals surface area contributed by atoms with Gasteiger partial charge in [0.25, 0.3) is 0 Å². The maximum Gasteiger partial charge on any atom is 0.0992 e. The molecule has 1 aromatic carbocycles. The molecule has 17 heavy (non-hydrogen) atoms. The average Bonchev–Trinajstić information content (AvgIpc) is 2.27. The van der Waals surface area contributed by atoms with Crippen molar-refractivity contribution in [2.45, 2.75) is 19.4 Å². The number of benzene rings is 1. The van der Waals surface area contributed by atoms with E-state index in [1.165, 1.54) is 0 Å². The first-order chi connectivity index (χ1) is 8.02. The van der Waals surface area contributed by atoms with Gasteiger partial charge in [-0.25, -0.2) is 0 Å². The van der Waals surface area contributed by atoms with Crippen molar-refractivity contribution in [3.63, 3.8) is 0 Å². The molecule has 0 unspecified atom stereocenters. The lowest BCUT2D eigenvalue weighted by Crippen LogP contribution is -2.48. The summed E-state index contributed by atoms with van der Waals surface area (Å²) in [6, 6.07) is 7.52. The lowest BCUT2D eigenvalue weighted by Gasteiger charge is -2.39. The van der Waals surface area contributed by atoms with Crippen LogP contribution in [0.25, 0.3) is 0 Å². The van der Waals surface area contributed by atoms with Gasteiger partial charge >= 0.3 is 0 Å². The van der Waals surface area contributed by atoms with E-state index < -0.39 is 0 Å². The number of morpholine rings is 1. The van der Waals surface area contributed by atoms with E-state index in [0.717, 1.165) is 18.8 Å². The van der Waals surface area contributed by atoms with Gasteiger partial charge in [0, 0.05) is 13.1 Å². The van der Waals surface area contributed by atoms with Gasteiger partial charge in [0.05, 0.1) is 35.2 Å². The van der Waals surface area contributed by atoms with Gasteiger partial charge in [0.1, 0.15) is 0 Å². The predicted molar refractivity (Wildman–Crippen MR) is 67.8 cm³/mol. The van der Waals surface area contributed by atoms with Crippen LogP contribution in [-0.2, 0) is 4.74 Å². The fourth-order valence-electron chi connectivity index (χ4n) is 2.13. The molecule has 1 heterocycles. The Morgan fingerprint density at radius 2 is 2.24 bits per heavy atom. The van der Waals surface area contributed by atoms with Gasteiger partial charge in [0.15, 0.2) is 0 Å². The lowest BCUT2D eigenvalue weighted by atomic mass is 10.1. The summed E-state index contributed by atoms with van der Waals surface area (Å²) in [5, 5.41) is 8.81. The van der Waals surface area contributed by atoms with Crippen LogP contribution in [-0.4, -0.2) is 25.3 Å². The quantitative estimate of drug-likeness (QED) is 0.748. The Balaban J connectivity index is 2.26. The van der Waals surface area contributed by atoms with Crippen LogP contribution in [0, 0.1) is 11.3 Å². The number of nitrogens with two attached hydrogens (primary N) is 1. The molecule has 1 aliphatic heterocycles. The third-order valence-corrected chi connectivity index (χ3v) is 2.92. The zero-order valence-corrected chi connectivity index (χ0v) is 10.2. The summed E-state index contributed by atoms with van der Waals surface area (Å²) < 4.78 is 5.67. The normalized spacial score (nSPS) is 18.8. The summed E-state index contributed by atoms with van der Waals surface area (Å²) in [7, 11) is 0. The summed E-state index contributed by atoms with van der Waals surface area (Å²) in [6.45, 7) is 6.48. The minimum absolute atomic E-state index is 0.154. The van der Waals surface area contributed by atoms with Crippen molar-refractivity contribution in [3.8, 4) is 6.07 Å². The Morgan fingerprint density at radius 3 is 2.82 bits per heavy atom. The Kier molecular flexibility index (Phi) is 2.95. The van der Waals surface area contributed by atoms with E-state index in [-0.39, 0.29) is 5.60 Å². The molecule has 0 atom stereocenters. The molecule has 1 aromatic rings. The Hall–Kier alpha value is -1.73. The minimum atomic E-state index is -0.154. The number of nitrogens with zero attached hydrogens (tertiary/aromatic N) is 2. The third kappa shape index (κ3) is 2.51. The van der Waals surface area contributed by atoms with Crippen molar-refractivity contribution >= 4 is 11.4 Å². The molecule has 0 saturated carbocycles. The van der Waals surface area contributed by atoms with Crippen LogP contribution in [0.4, 0.5) is 11.4 Å². The molecule has 0 spiro atoms. The number of hydrogen-bond donors (Lipinski definition) is 1. The highest BCUT2D eigenvalue weighted by Crippen LogP contribution is 2.28. The number of anilines is 2. The molecule has 1 saturated heterocycles. The highest BCUT2D eigenvalue weighted by Gasteiger charge is 2.28. The topological polar surface area (TPSA) is 62.3 Å². The van der Waals surface area contributed by atoms with Crippen LogP contribution >= 0.6 is 0 Å². The molecule has 0 bridgehead atoms. The maximum atomic E-state index is 8.81. The van der Waals surface area contributed by atoms with E-state index in [2.05, 4.69) is 24.8 Å². The molecular formula is C13H17N3O. The van der Waals surface area contributed by atoms with Gasteiger partial charge in [0.2, 0.25) is 0 Å². The first-order valence-electron chi connectivity index (χ1n) is 5.70. The molecule has 1 aliphatic rings. The number of nitrogen functional groups attached to an aromatic ring is 1. The summed E-state index contributed by atoms with van der Waals surface area (Å²) in [5.41, 5.74) is 8.07. The summed E-state index contributed by atoms with van der Waals surface area (Å²) in [4.78, 5) is 2.21. The van der Waals surface area contributed by atoms with Crippen LogP contribution in [0.1, 0.15) is 19.4 Å². The van der Waals surface area contributed by atoms with Crippen LogP contribution in [0.5, 0.6) is 0 Å². The molecular weight excluding hydrogens is 214 g/mol. The van der Waals surface area contributed by atoms with Gasteiger partial charge in [-0.15, -0.1) is 0 Å². The third-order valence-electron chi connectivity index (χ3n) is 2.92. The summed E-state index contributed by atoms with van der Waals surface area (Å²) in [5.74, 6) is 0. The molecule has 90 valence electrons. The van der Waals surface area contributed by atoms with Crippen LogP contribution in [0.3, 0.4) is 0 Å². The summed E-state index contributed by atoms with van der Waals surface area (Å²) >= 11 is 0. The molecule has 0 radical (unpaired) electrons. The van der Waals surface area contributed by atoms with Gasteiger partial charge in [-0.2, -0.15) is 5.26 Å². The van der Waals surface area contributed by atoms with E-state index in [1.807, 2.05) is 6.07 Å². The molecule has 0 amide bonds. The van der Waals surface area contributed by atoms with Gasteiger partial charge in [-0.3, -0.25) is 0 Å². The van der Waals surface area contributed by atoms with Gasteiger partial charge < -0.3 is 15.4 Å².